The lowest BCUT2D eigenvalue weighted by Crippen LogP contribution is -2.44. The van der Waals surface area contributed by atoms with E-state index >= 15 is 0 Å². The summed E-state index contributed by atoms with van der Waals surface area (Å²) in [6.07, 6.45) is -1.31. The summed E-state index contributed by atoms with van der Waals surface area (Å²) in [4.78, 5) is 34.4. The maximum Gasteiger partial charge on any atom is 0.339 e. The average Bonchev–Trinajstić information content (AvgIpc) is 2.39. The Labute approximate surface area is 139 Å². The van der Waals surface area contributed by atoms with Crippen molar-refractivity contribution in [2.45, 2.75) is 39.2 Å². The molecule has 0 aromatic rings. The molecule has 0 saturated heterocycles. The summed E-state index contributed by atoms with van der Waals surface area (Å²) in [6.45, 7) is 4.97. The molecule has 1 N–H and O–H groups in total. The van der Waals surface area contributed by atoms with Gasteiger partial charge in [0.15, 0.2) is 5.60 Å². The Kier molecular flexibility index (Phi) is 14.4. The van der Waals surface area contributed by atoms with Gasteiger partial charge < -0.3 is 19.3 Å². The van der Waals surface area contributed by atoms with Crippen LogP contribution in [0.5, 0.6) is 0 Å². The number of aliphatic hydroxyl groups is 1. The highest BCUT2D eigenvalue weighted by Crippen LogP contribution is 2.19. The van der Waals surface area contributed by atoms with E-state index in [-0.39, 0.29) is 25.2 Å². The smallest absolute Gasteiger partial charge is 0.339 e. The van der Waals surface area contributed by atoms with E-state index in [9.17, 15) is 19.5 Å². The Bertz CT molecular complexity index is 327. The fraction of sp³-hybridized carbons (Fsp3) is 0.769. The van der Waals surface area contributed by atoms with Crippen LogP contribution in [0.1, 0.15) is 33.6 Å². The highest BCUT2D eigenvalue weighted by Gasteiger charge is 2.43. The molecule has 0 unspecified atom stereocenters. The zero-order chi connectivity index (χ0) is 17.6. The van der Waals surface area contributed by atoms with Crippen molar-refractivity contribution >= 4 is 41.1 Å². The van der Waals surface area contributed by atoms with Crippen molar-refractivity contribution in [1.82, 2.24) is 0 Å². The normalized spacial score (nSPS) is 10.1. The van der Waals surface area contributed by atoms with Crippen molar-refractivity contribution in [2.24, 2.45) is 0 Å². The van der Waals surface area contributed by atoms with Gasteiger partial charge in [0.2, 0.25) is 0 Å². The molecule has 0 amide bonds. The third-order valence-electron chi connectivity index (χ3n) is 2.14. The molecule has 0 saturated carbocycles. The molecule has 0 aromatic carbocycles. The topological polar surface area (TPSA) is 99.1 Å². The maximum atomic E-state index is 11.7. The van der Waals surface area contributed by atoms with Gasteiger partial charge >= 0.3 is 17.9 Å². The highest BCUT2D eigenvalue weighted by atomic mass is 35.5. The number of hydrogen-bond donors (Lipinski definition) is 1. The Morgan fingerprint density at radius 3 is 1.45 bits per heavy atom. The van der Waals surface area contributed by atoms with Crippen LogP contribution in [-0.4, -0.2) is 53.8 Å². The van der Waals surface area contributed by atoms with Crippen molar-refractivity contribution in [3.63, 3.8) is 0 Å². The predicted molar refractivity (Wildman–Crippen MR) is 80.7 cm³/mol. The van der Waals surface area contributed by atoms with Crippen LogP contribution in [0, 0.1) is 0 Å². The van der Waals surface area contributed by atoms with E-state index in [0.717, 1.165) is 0 Å². The minimum absolute atomic E-state index is 0.0206. The summed E-state index contributed by atoms with van der Waals surface area (Å²) < 4.78 is 14.0. The zero-order valence-electron chi connectivity index (χ0n) is 12.9. The van der Waals surface area contributed by atoms with Crippen LogP contribution in [0.2, 0.25) is 0 Å². The van der Waals surface area contributed by atoms with Crippen LogP contribution >= 0.6 is 23.2 Å². The Hall–Kier alpha value is -1.05. The number of hydrogen-bond acceptors (Lipinski definition) is 7. The Morgan fingerprint density at radius 2 is 1.18 bits per heavy atom. The highest BCUT2D eigenvalue weighted by molar-refractivity contribution is 6.40. The van der Waals surface area contributed by atoms with E-state index < -0.39 is 36.4 Å². The van der Waals surface area contributed by atoms with Gasteiger partial charge in [-0.2, -0.15) is 0 Å². The van der Waals surface area contributed by atoms with Crippen LogP contribution in [0.4, 0.5) is 0 Å². The van der Waals surface area contributed by atoms with E-state index in [0.29, 0.717) is 0 Å². The number of halogens is 2. The third kappa shape index (κ3) is 10.6. The fourth-order valence-electron chi connectivity index (χ4n) is 1.37. The second kappa shape index (κ2) is 13.6. The van der Waals surface area contributed by atoms with Crippen LogP contribution < -0.4 is 0 Å². The predicted octanol–water partition coefficient (Wildman–Crippen LogP) is 1.61. The summed E-state index contributed by atoms with van der Waals surface area (Å²) in [5, 5.41) is 10.3. The minimum Gasteiger partial charge on any atom is -0.466 e. The molecule has 0 heterocycles. The maximum absolute atomic E-state index is 11.7. The number of alkyl halides is 2. The van der Waals surface area contributed by atoms with Crippen molar-refractivity contribution in [3.05, 3.63) is 0 Å². The molecule has 0 radical (unpaired) electrons. The van der Waals surface area contributed by atoms with Gasteiger partial charge in [0, 0.05) is 0 Å². The van der Waals surface area contributed by atoms with E-state index in [1.807, 2.05) is 0 Å². The zero-order valence-corrected chi connectivity index (χ0v) is 14.4. The van der Waals surface area contributed by atoms with Gasteiger partial charge in [-0.05, 0) is 20.8 Å². The van der Waals surface area contributed by atoms with Crippen LogP contribution in [0.25, 0.3) is 0 Å². The van der Waals surface area contributed by atoms with Gasteiger partial charge in [-0.25, -0.2) is 4.79 Å². The first-order chi connectivity index (χ1) is 10.3. The molecular weight excluding hydrogens is 339 g/mol. The first kappa shape index (κ1) is 23.2. The number of carbonyl (C=O) groups is 3. The fourth-order valence-corrected chi connectivity index (χ4v) is 1.37. The monoisotopic (exact) mass is 360 g/mol. The lowest BCUT2D eigenvalue weighted by atomic mass is 9.95. The minimum atomic E-state index is -2.26. The molecule has 9 heteroatoms. The van der Waals surface area contributed by atoms with E-state index in [2.05, 4.69) is 14.2 Å². The molecule has 7 nitrogen and oxygen atoms in total. The van der Waals surface area contributed by atoms with Crippen molar-refractivity contribution < 1.29 is 33.7 Å². The van der Waals surface area contributed by atoms with Crippen molar-refractivity contribution in [3.8, 4) is 0 Å². The molecule has 0 aliphatic heterocycles. The molecule has 0 spiro atoms. The van der Waals surface area contributed by atoms with Gasteiger partial charge in [0.05, 0.1) is 38.0 Å². The Balaban J connectivity index is 0. The molecule has 0 fully saturated rings. The van der Waals surface area contributed by atoms with Gasteiger partial charge in [-0.15, -0.1) is 23.2 Å². The largest absolute Gasteiger partial charge is 0.466 e. The number of ether oxygens (including phenoxy) is 3. The molecule has 0 bridgehead atoms. The van der Waals surface area contributed by atoms with Crippen LogP contribution in [0.15, 0.2) is 0 Å². The second-order valence-corrected chi connectivity index (χ2v) is 4.62. The Morgan fingerprint density at radius 1 is 0.864 bits per heavy atom. The van der Waals surface area contributed by atoms with Crippen LogP contribution in [0.3, 0.4) is 0 Å². The van der Waals surface area contributed by atoms with Crippen LogP contribution in [-0.2, 0) is 28.6 Å². The number of esters is 3. The van der Waals surface area contributed by atoms with Crippen molar-refractivity contribution in [1.29, 1.82) is 0 Å². The van der Waals surface area contributed by atoms with E-state index in [1.165, 1.54) is 0 Å². The summed E-state index contributed by atoms with van der Waals surface area (Å²) in [6, 6.07) is 0. The number of rotatable bonds is 8. The van der Waals surface area contributed by atoms with Gasteiger partial charge in [-0.3, -0.25) is 9.59 Å². The lowest BCUT2D eigenvalue weighted by Gasteiger charge is -2.23. The molecule has 22 heavy (non-hydrogen) atoms. The standard InChI is InChI=1S/C12H20O7.CH2Cl2/c1-4-17-9(13)7-12(16,11(15)19-6-3)8-10(14)18-5-2;2-1-3/h16H,4-8H2,1-3H3;1H2. The average molecular weight is 361 g/mol. The summed E-state index contributed by atoms with van der Waals surface area (Å²) in [7, 11) is 0. The molecule has 130 valence electrons. The first-order valence-corrected chi connectivity index (χ1v) is 7.70. The first-order valence-electron chi connectivity index (χ1n) is 6.63. The summed E-state index contributed by atoms with van der Waals surface area (Å²) in [5.74, 6) is -2.62. The van der Waals surface area contributed by atoms with Crippen molar-refractivity contribution in [2.75, 3.05) is 25.2 Å². The molecule has 0 aromatic heterocycles. The SMILES string of the molecule is CCOC(=O)CC(O)(CC(=O)OCC)C(=O)OCC.ClCCl. The molecule has 0 rings (SSSR count). The van der Waals surface area contributed by atoms with Gasteiger partial charge in [0.25, 0.3) is 0 Å². The molecule has 0 aliphatic carbocycles. The third-order valence-corrected chi connectivity index (χ3v) is 2.14. The summed E-state index contributed by atoms with van der Waals surface area (Å²) >= 11 is 9.53. The molecular formula is C13H22Cl2O7. The van der Waals surface area contributed by atoms with Gasteiger partial charge in [0.1, 0.15) is 0 Å². The second-order valence-electron chi connectivity index (χ2n) is 3.82. The van der Waals surface area contributed by atoms with E-state index in [4.69, 9.17) is 23.2 Å². The lowest BCUT2D eigenvalue weighted by molar-refractivity contribution is -0.177. The number of carbonyl (C=O) groups excluding carboxylic acids is 3. The molecule has 0 atom stereocenters. The quantitative estimate of drug-likeness (QED) is 0.398. The summed E-state index contributed by atoms with van der Waals surface area (Å²) in [5.41, 5.74) is -2.26. The van der Waals surface area contributed by atoms with Gasteiger partial charge in [-0.1, -0.05) is 0 Å². The van der Waals surface area contributed by atoms with E-state index in [1.54, 1.807) is 20.8 Å². The molecule has 0 aliphatic rings.